The average molecular weight is 1210 g/mol. The van der Waals surface area contributed by atoms with Crippen molar-refractivity contribution in [3.8, 4) is 0 Å². The Morgan fingerprint density at radius 2 is 0.407 bits per heavy atom. The minimum atomic E-state index is -2.95. The third-order valence-electron chi connectivity index (χ3n) is 19.0. The molecular weight excluding hydrogens is 1060 g/mol. The second-order valence-electron chi connectivity index (χ2n) is 27.1. The highest BCUT2D eigenvalue weighted by Gasteiger charge is 2.45. The fraction of sp³-hybridized carbons (Fsp3) is 0.768. The average Bonchev–Trinajstić information content (AvgIpc) is 0.719. The van der Waals surface area contributed by atoms with Crippen LogP contribution in [0.1, 0.15) is 401 Å². The molecule has 0 bridgehead atoms. The van der Waals surface area contributed by atoms with Crippen molar-refractivity contribution in [3.05, 3.63) is 86.5 Å². The first-order valence-electron chi connectivity index (χ1n) is 38.4. The normalized spacial score (nSPS) is 12.0. The van der Waals surface area contributed by atoms with Crippen LogP contribution in [0.3, 0.4) is 0 Å². The van der Waals surface area contributed by atoms with Gasteiger partial charge in [0.15, 0.2) is 0 Å². The second kappa shape index (κ2) is 51.0. The summed E-state index contributed by atoms with van der Waals surface area (Å²) >= 11 is 0. The molecule has 3 nitrogen and oxygen atoms in total. The van der Waals surface area contributed by atoms with Crippen molar-refractivity contribution in [3.63, 3.8) is 0 Å². The van der Waals surface area contributed by atoms with Crippen molar-refractivity contribution >= 4 is 16.5 Å². The summed E-state index contributed by atoms with van der Waals surface area (Å²) in [7, 11) is -2.95. The van der Waals surface area contributed by atoms with Crippen LogP contribution in [0.15, 0.2) is 51.1 Å². The van der Waals surface area contributed by atoms with E-state index in [1.54, 1.807) is 0 Å². The van der Waals surface area contributed by atoms with Crippen LogP contribution in [0.4, 0.5) is 4.79 Å². The molecule has 0 fully saturated rings. The Balaban J connectivity index is 2.92. The smallest absolute Gasteiger partial charge is 0.449 e. The topological polar surface area (TPSA) is 46.5 Å². The first-order chi connectivity index (χ1) is 42.2. The zero-order valence-electron chi connectivity index (χ0n) is 58.8. The van der Waals surface area contributed by atoms with Crippen LogP contribution in [0.25, 0.3) is 0 Å². The zero-order chi connectivity index (χ0) is 62.1. The Labute approximate surface area is 537 Å². The SMILES string of the molecule is CCCCCCCc1cc(CCCCCCC)c(S(OC(=O)O)(c2c(CCCCCCC)cc(CCCCCCC)cc2CCCCCCC)c2c(CCCCCCC)cc(CCCCCCC)cc2CCCCCCC)c(CCCCCCC)c1. The molecule has 3 aromatic carbocycles. The van der Waals surface area contributed by atoms with E-state index in [1.165, 1.54) is 315 Å². The molecular formula is C82H142O3S. The Bertz CT molecular complexity index is 1800. The Morgan fingerprint density at radius 1 is 0.256 bits per heavy atom. The molecule has 494 valence electrons. The van der Waals surface area contributed by atoms with Gasteiger partial charge < -0.3 is 9.29 Å². The van der Waals surface area contributed by atoms with Gasteiger partial charge in [0.2, 0.25) is 0 Å². The number of unbranched alkanes of at least 4 members (excludes halogenated alkanes) is 36. The minimum Gasteiger partial charge on any atom is -0.449 e. The van der Waals surface area contributed by atoms with Gasteiger partial charge in [-0.25, -0.2) is 4.79 Å². The second-order valence-corrected chi connectivity index (χ2v) is 29.6. The summed E-state index contributed by atoms with van der Waals surface area (Å²) in [6.07, 6.45) is 63.7. The van der Waals surface area contributed by atoms with Crippen LogP contribution >= 0.6 is 10.3 Å². The number of hydrogen-bond acceptors (Lipinski definition) is 2. The molecule has 0 heterocycles. The summed E-state index contributed by atoms with van der Waals surface area (Å²) in [5.41, 5.74) is 13.0. The Kier molecular flexibility index (Phi) is 45.9. The standard InChI is InChI=1S/C82H142O3S/c1-10-19-28-37-46-55-70-64-73(58-49-40-31-22-13-4)79(74(65-70)59-50-41-32-23-14-5)86(85-82(83)84,80-75(60-51-42-33-24-15-6)66-71(56-47-38-29-20-11-2)67-76(80)61-52-43-34-25-16-7)81-77(62-53-44-35-26-17-8)68-72(57-48-39-30-21-12-3)69-78(81)63-54-45-36-27-18-9/h64-69H,10-63H2,1-9H3,(H,83,84). The van der Waals surface area contributed by atoms with Gasteiger partial charge in [-0.2, -0.15) is 0 Å². The van der Waals surface area contributed by atoms with Gasteiger partial charge in [0.05, 0.1) is 0 Å². The number of aryl methyl sites for hydroxylation is 9. The molecule has 0 spiro atoms. The van der Waals surface area contributed by atoms with Crippen molar-refractivity contribution in [1.82, 2.24) is 0 Å². The van der Waals surface area contributed by atoms with Crippen molar-refractivity contribution < 1.29 is 14.1 Å². The lowest BCUT2D eigenvalue weighted by Crippen LogP contribution is -2.22. The fourth-order valence-corrected chi connectivity index (χ4v) is 18.2. The maximum atomic E-state index is 15.1. The van der Waals surface area contributed by atoms with Gasteiger partial charge in [0, 0.05) is 14.7 Å². The van der Waals surface area contributed by atoms with E-state index in [9.17, 15) is 5.11 Å². The lowest BCUT2D eigenvalue weighted by Gasteiger charge is -2.46. The minimum absolute atomic E-state index is 0.979. The summed E-state index contributed by atoms with van der Waals surface area (Å²) in [5, 5.41) is 12.3. The molecule has 4 heteroatoms. The van der Waals surface area contributed by atoms with Crippen molar-refractivity contribution in [2.45, 2.75) is 424 Å². The van der Waals surface area contributed by atoms with Crippen LogP contribution in [-0.4, -0.2) is 11.3 Å². The van der Waals surface area contributed by atoms with E-state index < -0.39 is 16.5 Å². The van der Waals surface area contributed by atoms with E-state index in [4.69, 9.17) is 4.18 Å². The fourth-order valence-electron chi connectivity index (χ4n) is 14.0. The number of carboxylic acid groups (broad SMARTS) is 1. The molecule has 0 unspecified atom stereocenters. The molecule has 0 atom stereocenters. The predicted octanol–water partition coefficient (Wildman–Crippen LogP) is 28.2. The number of rotatable bonds is 58. The molecule has 0 radical (unpaired) electrons. The number of carbonyl (C=O) groups is 1. The molecule has 0 aliphatic carbocycles. The molecule has 3 rings (SSSR count). The van der Waals surface area contributed by atoms with Gasteiger partial charge in [-0.1, -0.05) is 330 Å². The summed E-state index contributed by atoms with van der Waals surface area (Å²) < 4.78 is 7.81. The van der Waals surface area contributed by atoms with E-state index >= 15 is 4.79 Å². The molecule has 86 heavy (non-hydrogen) atoms. The van der Waals surface area contributed by atoms with Crippen LogP contribution in [-0.2, 0) is 62.0 Å². The van der Waals surface area contributed by atoms with E-state index in [2.05, 4.69) is 98.7 Å². The van der Waals surface area contributed by atoms with Gasteiger partial charge in [0.1, 0.15) is 0 Å². The predicted molar refractivity (Wildman–Crippen MR) is 383 cm³/mol. The van der Waals surface area contributed by atoms with E-state index in [0.717, 1.165) is 96.3 Å². The van der Waals surface area contributed by atoms with Gasteiger partial charge in [-0.3, -0.25) is 0 Å². The van der Waals surface area contributed by atoms with Gasteiger partial charge >= 0.3 is 6.16 Å². The van der Waals surface area contributed by atoms with Crippen molar-refractivity contribution in [1.29, 1.82) is 0 Å². The van der Waals surface area contributed by atoms with Crippen LogP contribution in [0.5, 0.6) is 0 Å². The van der Waals surface area contributed by atoms with Crippen LogP contribution < -0.4 is 0 Å². The Hall–Kier alpha value is -2.72. The van der Waals surface area contributed by atoms with E-state index in [1.807, 2.05) is 0 Å². The van der Waals surface area contributed by atoms with Crippen molar-refractivity contribution in [2.24, 2.45) is 0 Å². The summed E-state index contributed by atoms with van der Waals surface area (Å²) in [4.78, 5) is 19.1. The first kappa shape index (κ1) is 77.5. The third kappa shape index (κ3) is 30.4. The molecule has 1 N–H and O–H groups in total. The van der Waals surface area contributed by atoms with Gasteiger partial charge in [-0.15, -0.1) is 0 Å². The molecule has 0 saturated heterocycles. The van der Waals surface area contributed by atoms with Crippen LogP contribution in [0, 0.1) is 0 Å². The highest BCUT2D eigenvalue weighted by molar-refractivity contribution is 8.30. The van der Waals surface area contributed by atoms with E-state index in [-0.39, 0.29) is 0 Å². The summed E-state index contributed by atoms with van der Waals surface area (Å²) in [6.45, 7) is 21.1. The summed E-state index contributed by atoms with van der Waals surface area (Å²) in [5.74, 6) is 0. The molecule has 0 aromatic heterocycles. The van der Waals surface area contributed by atoms with Gasteiger partial charge in [0.25, 0.3) is 0 Å². The molecule has 3 aromatic rings. The summed E-state index contributed by atoms with van der Waals surface area (Å²) in [6, 6.07) is 16.0. The molecule has 0 saturated carbocycles. The molecule has 0 aliphatic rings. The Morgan fingerprint density at radius 3 is 0.558 bits per heavy atom. The maximum Gasteiger partial charge on any atom is 0.517 e. The third-order valence-corrected chi connectivity index (χ3v) is 22.7. The monoisotopic (exact) mass is 1210 g/mol. The zero-order valence-corrected chi connectivity index (χ0v) is 59.6. The van der Waals surface area contributed by atoms with E-state index in [0.29, 0.717) is 0 Å². The van der Waals surface area contributed by atoms with Crippen LogP contribution in [0.2, 0.25) is 0 Å². The molecule has 0 amide bonds. The maximum absolute atomic E-state index is 15.1. The highest BCUT2D eigenvalue weighted by Crippen LogP contribution is 2.75. The molecule has 0 aliphatic heterocycles. The largest absolute Gasteiger partial charge is 0.517 e. The highest BCUT2D eigenvalue weighted by atomic mass is 32.3. The number of benzene rings is 3. The van der Waals surface area contributed by atoms with Gasteiger partial charge in [-0.05, 0) is 176 Å². The first-order valence-corrected chi connectivity index (χ1v) is 40.0. The lowest BCUT2D eigenvalue weighted by atomic mass is 9.94. The number of hydrogen-bond donors (Lipinski definition) is 1. The quantitative estimate of drug-likeness (QED) is 0.0573. The lowest BCUT2D eigenvalue weighted by molar-refractivity contribution is 0.150. The van der Waals surface area contributed by atoms with Crippen molar-refractivity contribution in [2.75, 3.05) is 0 Å².